The molecule has 6 rings (SSSR count). The SMILES string of the molecule is Nc1ncnc2c1c(C(=O)c1cccc(NS(=O)(=O)c3ccc(F)cc3Cl)c1)cn2C1CCCC1.O=S(=O)(Cl)c1ccc(F)cc1Cl. The van der Waals surface area contributed by atoms with Gasteiger partial charge in [-0.05, 0) is 61.4 Å². The topological polar surface area (TPSA) is 154 Å². The van der Waals surface area contributed by atoms with Gasteiger partial charge in [-0.25, -0.2) is 35.6 Å². The molecule has 10 nitrogen and oxygen atoms in total. The van der Waals surface area contributed by atoms with Crippen LogP contribution in [0.15, 0.2) is 83.0 Å². The summed E-state index contributed by atoms with van der Waals surface area (Å²) in [6.45, 7) is 0. The quantitative estimate of drug-likeness (QED) is 0.130. The lowest BCUT2D eigenvalue weighted by atomic mass is 10.0. The summed E-state index contributed by atoms with van der Waals surface area (Å²) >= 11 is 11.3. The second-order valence-corrected chi connectivity index (χ2v) is 15.4. The van der Waals surface area contributed by atoms with E-state index in [0.717, 1.165) is 62.1 Å². The highest BCUT2D eigenvalue weighted by Crippen LogP contribution is 2.36. The molecule has 2 heterocycles. The van der Waals surface area contributed by atoms with Gasteiger partial charge in [-0.3, -0.25) is 9.52 Å². The zero-order valence-electron chi connectivity index (χ0n) is 24.0. The number of carbonyl (C=O) groups is 1. The zero-order chi connectivity index (χ0) is 34.1. The van der Waals surface area contributed by atoms with Gasteiger partial charge >= 0.3 is 0 Å². The van der Waals surface area contributed by atoms with Crippen molar-refractivity contribution in [3.05, 3.63) is 106 Å². The maximum Gasteiger partial charge on any atom is 0.263 e. The zero-order valence-corrected chi connectivity index (χ0v) is 27.9. The van der Waals surface area contributed by atoms with Crippen LogP contribution in [0, 0.1) is 11.6 Å². The van der Waals surface area contributed by atoms with Crippen molar-refractivity contribution in [3.63, 3.8) is 0 Å². The monoisotopic (exact) mass is 741 g/mol. The Morgan fingerprint density at radius 3 is 2.11 bits per heavy atom. The third-order valence-electron chi connectivity index (χ3n) is 7.32. The number of benzene rings is 3. The minimum Gasteiger partial charge on any atom is -0.383 e. The van der Waals surface area contributed by atoms with Gasteiger partial charge in [-0.1, -0.05) is 48.2 Å². The van der Waals surface area contributed by atoms with E-state index >= 15 is 0 Å². The van der Waals surface area contributed by atoms with Gasteiger partial charge in [0.2, 0.25) is 0 Å². The van der Waals surface area contributed by atoms with E-state index < -0.39 is 30.7 Å². The first-order chi connectivity index (χ1) is 22.2. The van der Waals surface area contributed by atoms with Crippen molar-refractivity contribution >= 4 is 81.3 Å². The van der Waals surface area contributed by atoms with Crippen LogP contribution in [0.2, 0.25) is 10.0 Å². The summed E-state index contributed by atoms with van der Waals surface area (Å²) in [5, 5.41) is 0.0124. The first-order valence-electron chi connectivity index (χ1n) is 13.8. The molecular weight excluding hydrogens is 719 g/mol. The lowest BCUT2D eigenvalue weighted by Crippen LogP contribution is -2.14. The van der Waals surface area contributed by atoms with Gasteiger partial charge in [-0.2, -0.15) is 0 Å². The summed E-state index contributed by atoms with van der Waals surface area (Å²) < 4.78 is 77.2. The highest BCUT2D eigenvalue weighted by Gasteiger charge is 2.26. The van der Waals surface area contributed by atoms with Crippen LogP contribution >= 0.6 is 33.9 Å². The molecule has 246 valence electrons. The molecule has 0 saturated heterocycles. The number of rotatable bonds is 7. The van der Waals surface area contributed by atoms with E-state index in [-0.39, 0.29) is 48.7 Å². The van der Waals surface area contributed by atoms with Crippen LogP contribution < -0.4 is 10.5 Å². The van der Waals surface area contributed by atoms with Crippen LogP contribution in [-0.4, -0.2) is 37.2 Å². The van der Waals surface area contributed by atoms with Crippen LogP contribution in [0.25, 0.3) is 11.0 Å². The molecule has 1 aliphatic carbocycles. The van der Waals surface area contributed by atoms with Crippen LogP contribution in [0.1, 0.15) is 47.6 Å². The number of halogens is 5. The third-order valence-corrected chi connectivity index (χ3v) is 11.0. The van der Waals surface area contributed by atoms with E-state index in [1.54, 1.807) is 18.3 Å². The number of nitrogens with two attached hydrogens (primary N) is 1. The predicted octanol–water partition coefficient (Wildman–Crippen LogP) is 7.36. The Morgan fingerprint density at radius 2 is 1.51 bits per heavy atom. The summed E-state index contributed by atoms with van der Waals surface area (Å²) in [7, 11) is -3.02. The van der Waals surface area contributed by atoms with Gasteiger partial charge in [0.25, 0.3) is 19.1 Å². The summed E-state index contributed by atoms with van der Waals surface area (Å²) in [4.78, 5) is 21.4. The Kier molecular flexibility index (Phi) is 10.1. The fraction of sp³-hybridized carbons (Fsp3) is 0.167. The average molecular weight is 743 g/mol. The lowest BCUT2D eigenvalue weighted by Gasteiger charge is -2.12. The molecule has 0 spiro atoms. The van der Waals surface area contributed by atoms with E-state index in [2.05, 4.69) is 14.7 Å². The second kappa shape index (κ2) is 13.7. The van der Waals surface area contributed by atoms with Crippen LogP contribution in [0.3, 0.4) is 0 Å². The molecule has 1 saturated carbocycles. The van der Waals surface area contributed by atoms with Gasteiger partial charge < -0.3 is 10.3 Å². The number of ketones is 1. The molecule has 1 fully saturated rings. The van der Waals surface area contributed by atoms with Crippen molar-refractivity contribution in [2.45, 2.75) is 41.5 Å². The molecule has 17 heteroatoms. The fourth-order valence-electron chi connectivity index (χ4n) is 5.20. The van der Waals surface area contributed by atoms with E-state index in [1.165, 1.54) is 18.5 Å². The lowest BCUT2D eigenvalue weighted by molar-refractivity contribution is 0.104. The number of nitrogens with zero attached hydrogens (tertiary/aromatic N) is 3. The largest absolute Gasteiger partial charge is 0.383 e. The maximum absolute atomic E-state index is 13.6. The third kappa shape index (κ3) is 7.68. The van der Waals surface area contributed by atoms with E-state index in [4.69, 9.17) is 39.6 Å². The summed E-state index contributed by atoms with van der Waals surface area (Å²) in [5.74, 6) is -1.39. The Morgan fingerprint density at radius 1 is 0.894 bits per heavy atom. The van der Waals surface area contributed by atoms with E-state index in [9.17, 15) is 30.4 Å². The number of hydrogen-bond donors (Lipinski definition) is 2. The smallest absolute Gasteiger partial charge is 0.263 e. The van der Waals surface area contributed by atoms with Crippen molar-refractivity contribution in [3.8, 4) is 0 Å². The molecule has 3 aromatic carbocycles. The Bertz CT molecular complexity index is 2230. The standard InChI is InChI=1S/C24H21ClFN5O3S.C6H3Cl2FO2S/c25-19-11-15(26)8-9-20(19)35(33,34)30-16-5-3-4-14(10-16)22(32)18-12-31(17-6-1-2-7-17)24-21(18)23(27)28-13-29-24;7-5-3-4(9)1-2-6(5)12(8,10)11/h3-5,8-13,17,30H,1-2,6-7H2,(H2,27,28,29);1-3H. The molecule has 5 aromatic rings. The van der Waals surface area contributed by atoms with Crippen LogP contribution in [0.4, 0.5) is 20.3 Å². The van der Waals surface area contributed by atoms with E-state index in [1.807, 2.05) is 4.57 Å². The average Bonchev–Trinajstić information content (AvgIpc) is 3.65. The number of nitrogen functional groups attached to an aromatic ring is 1. The Labute approximate surface area is 283 Å². The second-order valence-electron chi connectivity index (χ2n) is 10.4. The molecule has 0 unspecified atom stereocenters. The van der Waals surface area contributed by atoms with Crippen LogP contribution in [-0.2, 0) is 19.1 Å². The van der Waals surface area contributed by atoms with Gasteiger partial charge in [0, 0.05) is 34.2 Å². The molecule has 0 atom stereocenters. The molecule has 0 bridgehead atoms. The number of sulfonamides is 1. The normalized spacial score (nSPS) is 13.7. The fourth-order valence-corrected chi connectivity index (χ4v) is 8.30. The molecule has 1 aliphatic rings. The number of fused-ring (bicyclic) bond motifs is 1. The molecule has 3 N–H and O–H groups in total. The number of hydrogen-bond acceptors (Lipinski definition) is 8. The van der Waals surface area contributed by atoms with Crippen molar-refractivity contribution in [2.24, 2.45) is 0 Å². The maximum atomic E-state index is 13.6. The number of anilines is 2. The minimum absolute atomic E-state index is 0.153. The van der Waals surface area contributed by atoms with Crippen molar-refractivity contribution in [1.29, 1.82) is 0 Å². The highest BCUT2D eigenvalue weighted by atomic mass is 35.7. The highest BCUT2D eigenvalue weighted by molar-refractivity contribution is 8.13. The molecule has 0 radical (unpaired) electrons. The van der Waals surface area contributed by atoms with Crippen molar-refractivity contribution in [2.75, 3.05) is 10.5 Å². The summed E-state index contributed by atoms with van der Waals surface area (Å²) in [5.41, 5.74) is 7.51. The molecule has 0 aliphatic heterocycles. The first kappa shape index (κ1) is 34.5. The molecule has 0 amide bonds. The Hall–Kier alpha value is -3.82. The molecule has 47 heavy (non-hydrogen) atoms. The summed E-state index contributed by atoms with van der Waals surface area (Å²) in [6, 6.07) is 12.2. The first-order valence-corrected chi connectivity index (χ1v) is 18.3. The number of aromatic nitrogens is 3. The van der Waals surface area contributed by atoms with Crippen LogP contribution in [0.5, 0.6) is 0 Å². The number of nitrogens with one attached hydrogen (secondary N) is 1. The van der Waals surface area contributed by atoms with Crippen molar-refractivity contribution in [1.82, 2.24) is 14.5 Å². The van der Waals surface area contributed by atoms with Crippen molar-refractivity contribution < 1.29 is 30.4 Å². The van der Waals surface area contributed by atoms with Gasteiger partial charge in [0.05, 0.1) is 21.0 Å². The van der Waals surface area contributed by atoms with Gasteiger partial charge in [0.15, 0.2) is 5.78 Å². The molecule has 2 aromatic heterocycles. The predicted molar refractivity (Wildman–Crippen MR) is 176 cm³/mol. The molecular formula is C30H24Cl3F2N5O5S2. The van der Waals surface area contributed by atoms with Gasteiger partial charge in [-0.15, -0.1) is 0 Å². The van der Waals surface area contributed by atoms with E-state index in [0.29, 0.717) is 16.6 Å². The Balaban J connectivity index is 0.000000305. The van der Waals surface area contributed by atoms with Gasteiger partial charge in [0.1, 0.15) is 39.2 Å². The minimum atomic E-state index is -4.12. The number of carbonyl (C=O) groups excluding carboxylic acids is 1. The summed E-state index contributed by atoms with van der Waals surface area (Å²) in [6.07, 6.45) is 7.34.